The van der Waals surface area contributed by atoms with Gasteiger partial charge >= 0.3 is 0 Å². The Balaban J connectivity index is 1.77. The summed E-state index contributed by atoms with van der Waals surface area (Å²) < 4.78 is 17.0. The van der Waals surface area contributed by atoms with Crippen molar-refractivity contribution >= 4 is 40.9 Å². The maximum absolute atomic E-state index is 6.38. The van der Waals surface area contributed by atoms with Crippen LogP contribution < -0.4 is 15.2 Å². The summed E-state index contributed by atoms with van der Waals surface area (Å²) in [5, 5.41) is 1.20. The second kappa shape index (κ2) is 9.04. The van der Waals surface area contributed by atoms with Crippen LogP contribution in [0.4, 0.5) is 5.95 Å². The molecular weight excluding hydrogens is 435 g/mol. The van der Waals surface area contributed by atoms with Crippen molar-refractivity contribution in [3.63, 3.8) is 0 Å². The molecule has 0 spiro atoms. The molecule has 2 aromatic carbocycles. The number of hydrogen-bond acceptors (Lipinski definition) is 8. The van der Waals surface area contributed by atoms with Crippen LogP contribution in [0.3, 0.4) is 0 Å². The average Bonchev–Trinajstić information content (AvgIpc) is 2.68. The van der Waals surface area contributed by atoms with Crippen LogP contribution in [0.1, 0.15) is 0 Å². The SMILES string of the molecule is Nc1nc2nc(n1)-c1cc(c(Cl)cc1Cl)OCCOCCOc1cccc(c1)S2. The number of ether oxygens (including phenoxy) is 3. The highest BCUT2D eigenvalue weighted by atomic mass is 35.5. The number of hydrogen-bond donors (Lipinski definition) is 1. The topological polar surface area (TPSA) is 92.4 Å². The zero-order chi connectivity index (χ0) is 20.2. The summed E-state index contributed by atoms with van der Waals surface area (Å²) in [4.78, 5) is 13.9. The number of nitrogens with zero attached hydrogens (tertiary/aromatic N) is 3. The Kier molecular flexibility index (Phi) is 6.25. The van der Waals surface area contributed by atoms with Crippen LogP contribution in [-0.4, -0.2) is 41.4 Å². The summed E-state index contributed by atoms with van der Waals surface area (Å²) >= 11 is 14.0. The summed E-state index contributed by atoms with van der Waals surface area (Å²) in [7, 11) is 0. The van der Waals surface area contributed by atoms with E-state index in [-0.39, 0.29) is 5.95 Å². The van der Waals surface area contributed by atoms with Gasteiger partial charge in [-0.15, -0.1) is 0 Å². The molecule has 1 aromatic heterocycles. The summed E-state index contributed by atoms with van der Waals surface area (Å²) in [6.45, 7) is 1.56. The molecule has 0 amide bonds. The van der Waals surface area contributed by atoms with Crippen molar-refractivity contribution in [3.05, 3.63) is 46.4 Å². The quantitative estimate of drug-likeness (QED) is 0.539. The predicted octanol–water partition coefficient (Wildman–Crippen LogP) is 4.37. The molecule has 0 unspecified atom stereocenters. The number of anilines is 1. The smallest absolute Gasteiger partial charge is 0.224 e. The molecule has 0 radical (unpaired) electrons. The molecule has 0 aliphatic carbocycles. The Morgan fingerprint density at radius 2 is 1.72 bits per heavy atom. The maximum Gasteiger partial charge on any atom is 0.224 e. The molecule has 1 aliphatic rings. The number of fused-ring (bicyclic) bond motifs is 7. The minimum atomic E-state index is 0.0877. The molecule has 6 bridgehead atoms. The van der Waals surface area contributed by atoms with E-state index < -0.39 is 0 Å². The summed E-state index contributed by atoms with van der Waals surface area (Å²) in [6.07, 6.45) is 0. The standard InChI is InChI=1S/C19H16Cl2N4O3S/c20-14-10-15(21)16-9-13(14)17-23-18(22)25-19(24-17)29-12-3-1-2-11(8-12)27-6-4-26-5-7-28-16/h1-3,8-10H,4-7H2,(H2,22,23,24,25). The zero-order valence-electron chi connectivity index (χ0n) is 15.1. The van der Waals surface area contributed by atoms with E-state index >= 15 is 0 Å². The van der Waals surface area contributed by atoms with Gasteiger partial charge in [0.1, 0.15) is 24.7 Å². The lowest BCUT2D eigenvalue weighted by molar-refractivity contribution is 0.0764. The van der Waals surface area contributed by atoms with Crippen LogP contribution in [0.5, 0.6) is 11.5 Å². The van der Waals surface area contributed by atoms with Crippen LogP contribution in [-0.2, 0) is 4.74 Å². The molecule has 0 saturated carbocycles. The number of aromatic nitrogens is 3. The van der Waals surface area contributed by atoms with E-state index in [2.05, 4.69) is 15.0 Å². The van der Waals surface area contributed by atoms with E-state index in [1.807, 2.05) is 24.3 Å². The third kappa shape index (κ3) is 5.02. The minimum Gasteiger partial charge on any atom is -0.491 e. The summed E-state index contributed by atoms with van der Waals surface area (Å²) in [5.41, 5.74) is 6.46. The first-order valence-electron chi connectivity index (χ1n) is 8.71. The second-order valence-corrected chi connectivity index (χ2v) is 7.80. The number of nitrogen functional groups attached to an aromatic ring is 1. The molecule has 1 aliphatic heterocycles. The van der Waals surface area contributed by atoms with Gasteiger partial charge in [0.25, 0.3) is 0 Å². The van der Waals surface area contributed by atoms with Gasteiger partial charge in [0.05, 0.1) is 23.3 Å². The highest BCUT2D eigenvalue weighted by Crippen LogP contribution is 2.37. The molecule has 29 heavy (non-hydrogen) atoms. The number of benzene rings is 2. The maximum atomic E-state index is 6.38. The van der Waals surface area contributed by atoms with Crippen LogP contribution in [0.25, 0.3) is 11.4 Å². The van der Waals surface area contributed by atoms with Gasteiger partial charge in [-0.25, -0.2) is 4.98 Å². The lowest BCUT2D eigenvalue weighted by atomic mass is 10.2. The second-order valence-electron chi connectivity index (χ2n) is 5.95. The first kappa shape index (κ1) is 20.0. The molecule has 3 aromatic rings. The highest BCUT2D eigenvalue weighted by molar-refractivity contribution is 7.99. The molecule has 2 heterocycles. The van der Waals surface area contributed by atoms with E-state index in [1.165, 1.54) is 11.8 Å². The van der Waals surface area contributed by atoms with Gasteiger partial charge in [-0.05, 0) is 42.1 Å². The molecule has 10 heteroatoms. The van der Waals surface area contributed by atoms with E-state index in [9.17, 15) is 0 Å². The molecule has 4 rings (SSSR count). The average molecular weight is 451 g/mol. The lowest BCUT2D eigenvalue weighted by Crippen LogP contribution is -2.12. The van der Waals surface area contributed by atoms with Crippen LogP contribution in [0, 0.1) is 0 Å². The molecule has 0 fully saturated rings. The Bertz CT molecular complexity index is 1040. The van der Waals surface area contributed by atoms with Crippen molar-refractivity contribution in [1.82, 2.24) is 15.0 Å². The van der Waals surface area contributed by atoms with E-state index in [0.717, 1.165) is 10.6 Å². The van der Waals surface area contributed by atoms with E-state index in [4.69, 9.17) is 43.1 Å². The lowest BCUT2D eigenvalue weighted by Gasteiger charge is -2.12. The van der Waals surface area contributed by atoms with Gasteiger partial charge < -0.3 is 19.9 Å². The molecular formula is C19H16Cl2N4O3S. The Hall–Kier alpha value is -2.26. The van der Waals surface area contributed by atoms with Crippen molar-refractivity contribution < 1.29 is 14.2 Å². The minimum absolute atomic E-state index is 0.0877. The van der Waals surface area contributed by atoms with Crippen molar-refractivity contribution in [2.75, 3.05) is 32.2 Å². The first-order valence-corrected chi connectivity index (χ1v) is 10.3. The fourth-order valence-electron chi connectivity index (χ4n) is 2.61. The summed E-state index contributed by atoms with van der Waals surface area (Å²) in [5.74, 6) is 1.60. The molecule has 0 atom stereocenters. The van der Waals surface area contributed by atoms with E-state index in [0.29, 0.717) is 58.8 Å². The highest BCUT2D eigenvalue weighted by Gasteiger charge is 2.16. The molecule has 7 nitrogen and oxygen atoms in total. The van der Waals surface area contributed by atoms with Crippen molar-refractivity contribution in [2.24, 2.45) is 0 Å². The largest absolute Gasteiger partial charge is 0.491 e. The Morgan fingerprint density at radius 1 is 0.897 bits per heavy atom. The first-order chi connectivity index (χ1) is 14.1. The fraction of sp³-hybridized carbons (Fsp3) is 0.211. The number of rotatable bonds is 0. The fourth-order valence-corrected chi connectivity index (χ4v) is 3.94. The normalized spacial score (nSPS) is 14.4. The molecule has 150 valence electrons. The van der Waals surface area contributed by atoms with E-state index in [1.54, 1.807) is 12.1 Å². The third-order valence-electron chi connectivity index (χ3n) is 3.89. The number of halogens is 2. The Morgan fingerprint density at radius 3 is 2.59 bits per heavy atom. The monoisotopic (exact) mass is 450 g/mol. The van der Waals surface area contributed by atoms with Crippen LogP contribution in [0.15, 0.2) is 46.5 Å². The molecule has 2 N–H and O–H groups in total. The van der Waals surface area contributed by atoms with Crippen molar-refractivity contribution in [3.8, 4) is 22.9 Å². The van der Waals surface area contributed by atoms with Crippen molar-refractivity contribution in [2.45, 2.75) is 10.1 Å². The van der Waals surface area contributed by atoms with Crippen LogP contribution in [0.2, 0.25) is 10.0 Å². The van der Waals surface area contributed by atoms with Gasteiger partial charge in [-0.2, -0.15) is 9.97 Å². The van der Waals surface area contributed by atoms with Gasteiger partial charge in [0.2, 0.25) is 5.95 Å². The predicted molar refractivity (Wildman–Crippen MR) is 112 cm³/mol. The third-order valence-corrected chi connectivity index (χ3v) is 5.35. The van der Waals surface area contributed by atoms with Gasteiger partial charge in [0, 0.05) is 10.5 Å². The number of nitrogens with two attached hydrogens (primary N) is 1. The summed E-state index contributed by atoms with van der Waals surface area (Å²) in [6, 6.07) is 10.9. The van der Waals surface area contributed by atoms with Crippen molar-refractivity contribution in [1.29, 1.82) is 0 Å². The van der Waals surface area contributed by atoms with Gasteiger partial charge in [-0.3, -0.25) is 0 Å². The zero-order valence-corrected chi connectivity index (χ0v) is 17.4. The Labute approximate surface area is 181 Å². The van der Waals surface area contributed by atoms with Gasteiger partial charge in [0.15, 0.2) is 11.0 Å². The van der Waals surface area contributed by atoms with Crippen LogP contribution >= 0.6 is 35.0 Å². The van der Waals surface area contributed by atoms with Gasteiger partial charge in [-0.1, -0.05) is 29.3 Å². The molecule has 0 saturated heterocycles.